The number of ether oxygens (including phenoxy) is 1. The molecule has 1 fully saturated rings. The van der Waals surface area contributed by atoms with Crippen LogP contribution in [0.1, 0.15) is 30.6 Å². The summed E-state index contributed by atoms with van der Waals surface area (Å²) in [7, 11) is -3.03. The molecule has 1 aliphatic heterocycles. The monoisotopic (exact) mass is 348 g/mol. The SMILES string of the molecule is CCOC(=O)N/N=C\c1c(C)nn([C@H]2CCS(=O)(=O)C2)c1Cl. The molecule has 0 unspecified atom stereocenters. The number of hydrogen-bond donors (Lipinski definition) is 1. The molecule has 1 amide bonds. The molecule has 10 heteroatoms. The van der Waals surface area contributed by atoms with Crippen LogP contribution < -0.4 is 5.43 Å². The van der Waals surface area contributed by atoms with Crippen molar-refractivity contribution in [2.75, 3.05) is 18.1 Å². The van der Waals surface area contributed by atoms with E-state index in [1.54, 1.807) is 13.8 Å². The van der Waals surface area contributed by atoms with Crippen molar-refractivity contribution >= 4 is 33.7 Å². The first-order chi connectivity index (χ1) is 10.3. The Morgan fingerprint density at radius 3 is 2.95 bits per heavy atom. The molecular weight excluding hydrogens is 332 g/mol. The molecule has 1 aromatic heterocycles. The molecule has 0 aromatic carbocycles. The molecule has 8 nitrogen and oxygen atoms in total. The summed E-state index contributed by atoms with van der Waals surface area (Å²) in [5.41, 5.74) is 3.33. The lowest BCUT2D eigenvalue weighted by molar-refractivity contribution is 0.152. The molecule has 2 heterocycles. The first-order valence-corrected chi connectivity index (χ1v) is 8.95. The van der Waals surface area contributed by atoms with Gasteiger partial charge >= 0.3 is 6.09 Å². The van der Waals surface area contributed by atoms with Crippen LogP contribution in [0.4, 0.5) is 4.79 Å². The zero-order valence-corrected chi connectivity index (χ0v) is 13.8. The summed E-state index contributed by atoms with van der Waals surface area (Å²) < 4.78 is 29.3. The Morgan fingerprint density at radius 2 is 2.36 bits per heavy atom. The average molecular weight is 349 g/mol. The van der Waals surface area contributed by atoms with E-state index in [0.717, 1.165) is 0 Å². The molecule has 122 valence electrons. The average Bonchev–Trinajstić information content (AvgIpc) is 2.92. The van der Waals surface area contributed by atoms with Crippen molar-refractivity contribution in [2.45, 2.75) is 26.3 Å². The molecule has 1 saturated heterocycles. The smallest absolute Gasteiger partial charge is 0.427 e. The third kappa shape index (κ3) is 3.77. The first kappa shape index (κ1) is 16.8. The van der Waals surface area contributed by atoms with Crippen molar-refractivity contribution in [1.82, 2.24) is 15.2 Å². The Balaban J connectivity index is 2.14. The minimum atomic E-state index is -3.03. The van der Waals surface area contributed by atoms with Crippen molar-refractivity contribution in [1.29, 1.82) is 0 Å². The van der Waals surface area contributed by atoms with Crippen LogP contribution in [0.5, 0.6) is 0 Å². The Bertz CT molecular complexity index is 698. The second-order valence-electron chi connectivity index (χ2n) is 4.88. The topological polar surface area (TPSA) is 103 Å². The summed E-state index contributed by atoms with van der Waals surface area (Å²) in [6.45, 7) is 3.66. The maximum absolute atomic E-state index is 11.6. The fourth-order valence-corrected chi connectivity index (χ4v) is 4.26. The van der Waals surface area contributed by atoms with Crippen molar-refractivity contribution < 1.29 is 17.9 Å². The van der Waals surface area contributed by atoms with Crippen LogP contribution in [0, 0.1) is 6.92 Å². The molecule has 1 aromatic rings. The molecule has 0 radical (unpaired) electrons. The van der Waals surface area contributed by atoms with E-state index in [0.29, 0.717) is 22.8 Å². The quantitative estimate of drug-likeness (QED) is 0.652. The van der Waals surface area contributed by atoms with E-state index < -0.39 is 15.9 Å². The number of carbonyl (C=O) groups excluding carboxylic acids is 1. The summed E-state index contributed by atoms with van der Waals surface area (Å²) in [5, 5.41) is 8.32. The predicted octanol–water partition coefficient (Wildman–Crippen LogP) is 1.28. The lowest BCUT2D eigenvalue weighted by Crippen LogP contribution is -2.18. The molecule has 1 N–H and O–H groups in total. The molecule has 0 bridgehead atoms. The van der Waals surface area contributed by atoms with Crippen LogP contribution >= 0.6 is 11.6 Å². The minimum Gasteiger partial charge on any atom is -0.449 e. The van der Waals surface area contributed by atoms with E-state index in [4.69, 9.17) is 11.6 Å². The van der Waals surface area contributed by atoms with Gasteiger partial charge in [-0.1, -0.05) is 11.6 Å². The van der Waals surface area contributed by atoms with E-state index in [-0.39, 0.29) is 24.2 Å². The molecule has 0 spiro atoms. The summed E-state index contributed by atoms with van der Waals surface area (Å²) in [4.78, 5) is 11.1. The van der Waals surface area contributed by atoms with Gasteiger partial charge in [0.2, 0.25) is 0 Å². The van der Waals surface area contributed by atoms with Gasteiger partial charge in [0.1, 0.15) is 5.15 Å². The first-order valence-electron chi connectivity index (χ1n) is 6.75. The van der Waals surface area contributed by atoms with E-state index >= 15 is 0 Å². The van der Waals surface area contributed by atoms with Gasteiger partial charge in [-0.3, -0.25) is 0 Å². The number of halogens is 1. The summed E-state index contributed by atoms with van der Waals surface area (Å²) in [6.07, 6.45) is 1.18. The van der Waals surface area contributed by atoms with Gasteiger partial charge in [-0.25, -0.2) is 23.3 Å². The summed E-state index contributed by atoms with van der Waals surface area (Å²) >= 11 is 6.25. The molecule has 1 atom stereocenters. The number of nitrogens with zero attached hydrogens (tertiary/aromatic N) is 3. The van der Waals surface area contributed by atoms with E-state index in [1.165, 1.54) is 10.9 Å². The number of amides is 1. The maximum atomic E-state index is 11.6. The second kappa shape index (κ2) is 6.66. The number of carbonyl (C=O) groups is 1. The van der Waals surface area contributed by atoms with Crippen LogP contribution in [0.25, 0.3) is 0 Å². The summed E-state index contributed by atoms with van der Waals surface area (Å²) in [5.74, 6) is 0.173. The van der Waals surface area contributed by atoms with Gasteiger partial charge in [-0.15, -0.1) is 0 Å². The molecule has 1 aliphatic rings. The highest BCUT2D eigenvalue weighted by molar-refractivity contribution is 7.91. The molecule has 0 saturated carbocycles. The van der Waals surface area contributed by atoms with Crippen molar-refractivity contribution in [3.8, 4) is 0 Å². The Kier molecular flexibility index (Phi) is 5.07. The van der Waals surface area contributed by atoms with Crippen LogP contribution in [0.3, 0.4) is 0 Å². The van der Waals surface area contributed by atoms with Crippen molar-refractivity contribution in [3.05, 3.63) is 16.4 Å². The van der Waals surface area contributed by atoms with Gasteiger partial charge in [0, 0.05) is 0 Å². The number of aromatic nitrogens is 2. The van der Waals surface area contributed by atoms with Gasteiger partial charge in [0.25, 0.3) is 0 Å². The van der Waals surface area contributed by atoms with Gasteiger partial charge in [0.15, 0.2) is 9.84 Å². The van der Waals surface area contributed by atoms with Crippen LogP contribution in [0.15, 0.2) is 5.10 Å². The minimum absolute atomic E-state index is 0.0332. The fourth-order valence-electron chi connectivity index (χ4n) is 2.20. The second-order valence-corrected chi connectivity index (χ2v) is 7.47. The predicted molar refractivity (Wildman–Crippen MR) is 82.0 cm³/mol. The van der Waals surface area contributed by atoms with Gasteiger partial charge in [-0.2, -0.15) is 10.2 Å². The van der Waals surface area contributed by atoms with Crippen molar-refractivity contribution in [2.24, 2.45) is 5.10 Å². The highest BCUT2D eigenvalue weighted by Gasteiger charge is 2.31. The number of hydrazone groups is 1. The Hall–Kier alpha value is -1.61. The number of nitrogens with one attached hydrogen (secondary N) is 1. The number of rotatable bonds is 4. The van der Waals surface area contributed by atoms with Crippen LogP contribution in [-0.2, 0) is 14.6 Å². The highest BCUT2D eigenvalue weighted by Crippen LogP contribution is 2.29. The molecule has 22 heavy (non-hydrogen) atoms. The van der Waals surface area contributed by atoms with Gasteiger partial charge in [0.05, 0.1) is 41.6 Å². The van der Waals surface area contributed by atoms with Gasteiger partial charge in [-0.05, 0) is 20.3 Å². The van der Waals surface area contributed by atoms with Gasteiger partial charge < -0.3 is 4.74 Å². The largest absolute Gasteiger partial charge is 0.449 e. The molecule has 0 aliphatic carbocycles. The number of sulfone groups is 1. The molecule has 2 rings (SSSR count). The lowest BCUT2D eigenvalue weighted by atomic mass is 10.2. The zero-order chi connectivity index (χ0) is 16.3. The highest BCUT2D eigenvalue weighted by atomic mass is 35.5. The Morgan fingerprint density at radius 1 is 1.64 bits per heavy atom. The lowest BCUT2D eigenvalue weighted by Gasteiger charge is -2.09. The van der Waals surface area contributed by atoms with E-state index in [1.807, 2.05) is 0 Å². The van der Waals surface area contributed by atoms with E-state index in [9.17, 15) is 13.2 Å². The van der Waals surface area contributed by atoms with Crippen LogP contribution in [-0.4, -0.2) is 48.6 Å². The standard InChI is InChI=1S/C12H17ClN4O4S/c1-3-21-12(18)15-14-6-10-8(2)16-17(11(10)13)9-4-5-22(19,20)7-9/h6,9H,3-5,7H2,1-2H3,(H,15,18)/b14-6-/t9-/m0/s1. The number of aryl methyl sites for hydroxylation is 1. The fraction of sp³-hybridized carbons (Fsp3) is 0.583. The Labute approximate surface area is 133 Å². The third-order valence-corrected chi connectivity index (χ3v) is 5.38. The summed E-state index contributed by atoms with van der Waals surface area (Å²) in [6, 6.07) is -0.267. The van der Waals surface area contributed by atoms with Crippen LogP contribution in [0.2, 0.25) is 5.15 Å². The van der Waals surface area contributed by atoms with Crippen molar-refractivity contribution in [3.63, 3.8) is 0 Å². The van der Waals surface area contributed by atoms with E-state index in [2.05, 4.69) is 20.4 Å². The zero-order valence-electron chi connectivity index (χ0n) is 12.2. The maximum Gasteiger partial charge on any atom is 0.427 e. The third-order valence-electron chi connectivity index (χ3n) is 3.25. The normalized spacial score (nSPS) is 20.4. The number of hydrogen-bond acceptors (Lipinski definition) is 6. The molecular formula is C12H17ClN4O4S.